The largest absolute Gasteiger partial charge is 0.365 e. The predicted octanol–water partition coefficient (Wildman–Crippen LogP) is 3.03. The Balaban J connectivity index is 1.72. The van der Waals surface area contributed by atoms with E-state index in [4.69, 9.17) is 11.5 Å². The second-order valence-corrected chi connectivity index (χ2v) is 7.45. The third kappa shape index (κ3) is 4.93. The fraction of sp³-hybridized carbons (Fsp3) is 0.150. The molecule has 0 atom stereocenters. The van der Waals surface area contributed by atoms with Crippen molar-refractivity contribution in [2.45, 2.75) is 13.1 Å². The average Bonchev–Trinajstić information content (AvgIpc) is 3.06. The minimum absolute atomic E-state index is 0.271. The fourth-order valence-electron chi connectivity index (χ4n) is 2.85. The molecule has 0 aliphatic carbocycles. The molecule has 3 aromatic rings. The molecular weight excluding hydrogens is 374 g/mol. The Hall–Kier alpha value is -3.23. The molecule has 0 saturated carbocycles. The number of urea groups is 1. The number of amides is 3. The zero-order valence-corrected chi connectivity index (χ0v) is 16.2. The third-order valence-electron chi connectivity index (χ3n) is 4.06. The van der Waals surface area contributed by atoms with Gasteiger partial charge < -0.3 is 16.8 Å². The molecule has 1 aromatic carbocycles. The SMILES string of the molecule is CN(Cc1ccc(-c2cc(NC(N)=O)c(C(N)=O)s2)cc1)Cc1ccccn1. The number of hydrogen-bond acceptors (Lipinski definition) is 5. The van der Waals surface area contributed by atoms with Gasteiger partial charge in [-0.25, -0.2) is 4.79 Å². The highest BCUT2D eigenvalue weighted by Crippen LogP contribution is 2.34. The molecular formula is C20H21N5O2S. The average molecular weight is 395 g/mol. The molecule has 2 aromatic heterocycles. The summed E-state index contributed by atoms with van der Waals surface area (Å²) in [7, 11) is 2.04. The van der Waals surface area contributed by atoms with Crippen LogP contribution in [0, 0.1) is 0 Å². The number of anilines is 1. The van der Waals surface area contributed by atoms with Gasteiger partial charge in [-0.3, -0.25) is 14.7 Å². The molecule has 0 saturated heterocycles. The maximum atomic E-state index is 11.6. The van der Waals surface area contributed by atoms with Crippen molar-refractivity contribution in [3.8, 4) is 10.4 Å². The molecule has 0 fully saturated rings. The van der Waals surface area contributed by atoms with Crippen molar-refractivity contribution >= 4 is 29.0 Å². The van der Waals surface area contributed by atoms with E-state index >= 15 is 0 Å². The number of thiophene rings is 1. The van der Waals surface area contributed by atoms with Gasteiger partial charge in [-0.2, -0.15) is 0 Å². The summed E-state index contributed by atoms with van der Waals surface area (Å²) in [6.07, 6.45) is 1.79. The molecule has 8 heteroatoms. The van der Waals surface area contributed by atoms with Crippen LogP contribution in [0.3, 0.4) is 0 Å². The van der Waals surface area contributed by atoms with Crippen molar-refractivity contribution in [1.29, 1.82) is 0 Å². The lowest BCUT2D eigenvalue weighted by Gasteiger charge is -2.16. The standard InChI is InChI=1S/C20H21N5O2S/c1-25(12-15-4-2-3-9-23-15)11-13-5-7-14(8-6-13)17-10-16(24-20(22)27)18(28-17)19(21)26/h2-10H,11-12H2,1H3,(H2,21,26)(H3,22,24,27). The molecule has 28 heavy (non-hydrogen) atoms. The predicted molar refractivity (Wildman–Crippen MR) is 111 cm³/mol. The number of nitrogens with one attached hydrogen (secondary N) is 1. The van der Waals surface area contributed by atoms with Crippen LogP contribution in [0.2, 0.25) is 0 Å². The minimum atomic E-state index is -0.738. The van der Waals surface area contributed by atoms with Gasteiger partial charge in [0.25, 0.3) is 5.91 Å². The highest BCUT2D eigenvalue weighted by Gasteiger charge is 2.16. The number of aromatic nitrogens is 1. The number of carbonyl (C=O) groups is 2. The molecule has 5 N–H and O–H groups in total. The van der Waals surface area contributed by atoms with Crippen LogP contribution in [-0.2, 0) is 13.1 Å². The van der Waals surface area contributed by atoms with Crippen molar-refractivity contribution in [3.63, 3.8) is 0 Å². The van der Waals surface area contributed by atoms with Crippen LogP contribution < -0.4 is 16.8 Å². The van der Waals surface area contributed by atoms with Crippen molar-refractivity contribution in [1.82, 2.24) is 9.88 Å². The Morgan fingerprint density at radius 1 is 1.11 bits per heavy atom. The maximum Gasteiger partial charge on any atom is 0.316 e. The van der Waals surface area contributed by atoms with Gasteiger partial charge >= 0.3 is 6.03 Å². The van der Waals surface area contributed by atoms with E-state index in [9.17, 15) is 9.59 Å². The van der Waals surface area contributed by atoms with E-state index < -0.39 is 11.9 Å². The van der Waals surface area contributed by atoms with E-state index in [0.29, 0.717) is 5.69 Å². The van der Waals surface area contributed by atoms with Crippen molar-refractivity contribution in [2.24, 2.45) is 11.5 Å². The molecule has 0 radical (unpaired) electrons. The van der Waals surface area contributed by atoms with Crippen molar-refractivity contribution in [3.05, 3.63) is 70.9 Å². The zero-order chi connectivity index (χ0) is 20.1. The van der Waals surface area contributed by atoms with E-state index in [1.54, 1.807) is 12.3 Å². The molecule has 2 heterocycles. The Morgan fingerprint density at radius 3 is 2.46 bits per heavy atom. The smallest absolute Gasteiger partial charge is 0.316 e. The number of nitrogens with zero attached hydrogens (tertiary/aromatic N) is 2. The van der Waals surface area contributed by atoms with Gasteiger partial charge in [0.2, 0.25) is 0 Å². The number of rotatable bonds is 7. The van der Waals surface area contributed by atoms with E-state index in [-0.39, 0.29) is 4.88 Å². The van der Waals surface area contributed by atoms with Crippen LogP contribution in [0.4, 0.5) is 10.5 Å². The third-order valence-corrected chi connectivity index (χ3v) is 5.26. The normalized spacial score (nSPS) is 10.8. The highest BCUT2D eigenvalue weighted by atomic mass is 32.1. The first-order valence-electron chi connectivity index (χ1n) is 8.60. The van der Waals surface area contributed by atoms with Crippen LogP contribution >= 0.6 is 11.3 Å². The monoisotopic (exact) mass is 395 g/mol. The van der Waals surface area contributed by atoms with E-state index in [2.05, 4.69) is 15.2 Å². The molecule has 3 amide bonds. The number of pyridine rings is 1. The summed E-state index contributed by atoms with van der Waals surface area (Å²) in [4.78, 5) is 30.3. The van der Waals surface area contributed by atoms with E-state index in [1.165, 1.54) is 11.3 Å². The lowest BCUT2D eigenvalue weighted by atomic mass is 10.1. The second kappa shape index (κ2) is 8.64. The summed E-state index contributed by atoms with van der Waals surface area (Å²) in [5.41, 5.74) is 14.0. The minimum Gasteiger partial charge on any atom is -0.365 e. The molecule has 0 unspecified atom stereocenters. The first kappa shape index (κ1) is 19.5. The number of benzene rings is 1. The number of carbonyl (C=O) groups excluding carboxylic acids is 2. The highest BCUT2D eigenvalue weighted by molar-refractivity contribution is 7.18. The van der Waals surface area contributed by atoms with Crippen LogP contribution in [-0.4, -0.2) is 28.9 Å². The summed E-state index contributed by atoms with van der Waals surface area (Å²) < 4.78 is 0. The number of nitrogens with two attached hydrogens (primary N) is 2. The van der Waals surface area contributed by atoms with E-state index in [0.717, 1.165) is 34.8 Å². The first-order valence-corrected chi connectivity index (χ1v) is 9.42. The Labute approximate surface area is 167 Å². The molecule has 0 aliphatic rings. The second-order valence-electron chi connectivity index (χ2n) is 6.40. The summed E-state index contributed by atoms with van der Waals surface area (Å²) >= 11 is 1.22. The summed E-state index contributed by atoms with van der Waals surface area (Å²) in [5, 5.41) is 2.44. The van der Waals surface area contributed by atoms with Crippen molar-refractivity contribution < 1.29 is 9.59 Å². The van der Waals surface area contributed by atoms with Crippen LogP contribution in [0.25, 0.3) is 10.4 Å². The van der Waals surface area contributed by atoms with Gasteiger partial charge in [0.15, 0.2) is 0 Å². The Kier molecular flexibility index (Phi) is 6.03. The van der Waals surface area contributed by atoms with Crippen LogP contribution in [0.1, 0.15) is 20.9 Å². The summed E-state index contributed by atoms with van der Waals surface area (Å²) in [6, 6.07) is 14.9. The summed E-state index contributed by atoms with van der Waals surface area (Å²) in [6.45, 7) is 1.54. The first-order chi connectivity index (χ1) is 13.4. The van der Waals surface area contributed by atoms with Crippen molar-refractivity contribution in [2.75, 3.05) is 12.4 Å². The van der Waals surface area contributed by atoms with Gasteiger partial charge in [-0.1, -0.05) is 30.3 Å². The molecule has 0 aliphatic heterocycles. The van der Waals surface area contributed by atoms with Gasteiger partial charge in [0.1, 0.15) is 4.88 Å². The van der Waals surface area contributed by atoms with Crippen LogP contribution in [0.5, 0.6) is 0 Å². The van der Waals surface area contributed by atoms with Gasteiger partial charge in [-0.05, 0) is 36.4 Å². The number of hydrogen-bond donors (Lipinski definition) is 3. The van der Waals surface area contributed by atoms with Crippen LogP contribution in [0.15, 0.2) is 54.7 Å². The van der Waals surface area contributed by atoms with Gasteiger partial charge in [0.05, 0.1) is 11.4 Å². The topological polar surface area (TPSA) is 114 Å². The molecule has 7 nitrogen and oxygen atoms in total. The van der Waals surface area contributed by atoms with Gasteiger partial charge in [0, 0.05) is 24.2 Å². The lowest BCUT2D eigenvalue weighted by molar-refractivity contribution is 0.100. The maximum absolute atomic E-state index is 11.6. The molecule has 3 rings (SSSR count). The molecule has 144 valence electrons. The quantitative estimate of drug-likeness (QED) is 0.570. The zero-order valence-electron chi connectivity index (χ0n) is 15.4. The molecule has 0 spiro atoms. The van der Waals surface area contributed by atoms with Gasteiger partial charge in [-0.15, -0.1) is 11.3 Å². The Morgan fingerprint density at radius 2 is 1.86 bits per heavy atom. The molecule has 0 bridgehead atoms. The Bertz CT molecular complexity index is 970. The lowest BCUT2D eigenvalue weighted by Crippen LogP contribution is -2.21. The number of primary amides is 2. The van der Waals surface area contributed by atoms with E-state index in [1.807, 2.05) is 49.5 Å². The fourth-order valence-corrected chi connectivity index (χ4v) is 3.82. The summed E-state index contributed by atoms with van der Waals surface area (Å²) in [5.74, 6) is -0.604.